The Bertz CT molecular complexity index is 529. The normalized spacial score (nSPS) is 29.3. The predicted molar refractivity (Wildman–Crippen MR) is 100 cm³/mol. The van der Waals surface area contributed by atoms with Crippen LogP contribution < -0.4 is 4.74 Å². The summed E-state index contributed by atoms with van der Waals surface area (Å²) in [6, 6.07) is 9.36. The summed E-state index contributed by atoms with van der Waals surface area (Å²) in [5, 5.41) is 0. The maximum absolute atomic E-state index is 6.17. The largest absolute Gasteiger partial charge is 0.490 e. The lowest BCUT2D eigenvalue weighted by atomic mass is 9.82. The highest BCUT2D eigenvalue weighted by Crippen LogP contribution is 2.33. The van der Waals surface area contributed by atoms with Crippen LogP contribution in [0.5, 0.6) is 5.75 Å². The molecule has 2 saturated heterocycles. The maximum atomic E-state index is 6.17. The molecule has 4 heteroatoms. The van der Waals surface area contributed by atoms with E-state index >= 15 is 0 Å². The molecule has 1 aliphatic carbocycles. The number of hydrogen-bond acceptors (Lipinski definition) is 4. The minimum atomic E-state index is 0.410. The number of benzene rings is 1. The van der Waals surface area contributed by atoms with Crippen molar-refractivity contribution in [3.63, 3.8) is 0 Å². The molecule has 1 unspecified atom stereocenters. The zero-order chi connectivity index (χ0) is 17.1. The molecule has 0 aromatic heterocycles. The first kappa shape index (κ1) is 17.3. The van der Waals surface area contributed by atoms with E-state index in [1.165, 1.54) is 50.9 Å². The summed E-state index contributed by atoms with van der Waals surface area (Å²) in [5.41, 5.74) is 1.41. The summed E-state index contributed by atoms with van der Waals surface area (Å²) in [7, 11) is 0. The van der Waals surface area contributed by atoms with Crippen LogP contribution in [0, 0.1) is 5.92 Å². The van der Waals surface area contributed by atoms with E-state index in [9.17, 15) is 0 Å². The highest BCUT2D eigenvalue weighted by Gasteiger charge is 2.32. The Hall–Kier alpha value is -1.10. The van der Waals surface area contributed by atoms with Gasteiger partial charge in [0.2, 0.25) is 0 Å². The molecule has 2 heterocycles. The van der Waals surface area contributed by atoms with Gasteiger partial charge in [0.05, 0.1) is 19.3 Å². The van der Waals surface area contributed by atoms with Crippen molar-refractivity contribution in [2.75, 3.05) is 45.9 Å². The minimum Gasteiger partial charge on any atom is -0.490 e. The van der Waals surface area contributed by atoms with Gasteiger partial charge in [-0.05, 0) is 69.3 Å². The van der Waals surface area contributed by atoms with Crippen LogP contribution in [0.4, 0.5) is 0 Å². The fraction of sp³-hybridized carbons (Fsp3) is 0.714. The lowest BCUT2D eigenvalue weighted by Crippen LogP contribution is -2.45. The summed E-state index contributed by atoms with van der Waals surface area (Å²) in [4.78, 5) is 5.12. The Balaban J connectivity index is 1.21. The van der Waals surface area contributed by atoms with E-state index in [0.717, 1.165) is 38.0 Å². The fourth-order valence-corrected chi connectivity index (χ4v) is 4.43. The van der Waals surface area contributed by atoms with Crippen LogP contribution in [0.1, 0.15) is 44.2 Å². The van der Waals surface area contributed by atoms with Gasteiger partial charge in [-0.2, -0.15) is 0 Å². The summed E-state index contributed by atoms with van der Waals surface area (Å²) in [5.74, 6) is 1.84. The van der Waals surface area contributed by atoms with Crippen molar-refractivity contribution in [2.24, 2.45) is 5.92 Å². The summed E-state index contributed by atoms with van der Waals surface area (Å²) < 4.78 is 11.6. The molecule has 0 N–H and O–H groups in total. The zero-order valence-electron chi connectivity index (χ0n) is 15.5. The first-order chi connectivity index (χ1) is 12.3. The number of rotatable bonds is 6. The lowest BCUT2D eigenvalue weighted by Gasteiger charge is -2.39. The summed E-state index contributed by atoms with van der Waals surface area (Å²) in [6.07, 6.45) is 5.50. The molecule has 0 bridgehead atoms. The zero-order valence-corrected chi connectivity index (χ0v) is 15.5. The van der Waals surface area contributed by atoms with Crippen LogP contribution in [0.25, 0.3) is 0 Å². The van der Waals surface area contributed by atoms with Gasteiger partial charge in [0.1, 0.15) is 5.75 Å². The van der Waals surface area contributed by atoms with Gasteiger partial charge < -0.3 is 9.47 Å². The molecule has 0 radical (unpaired) electrons. The van der Waals surface area contributed by atoms with Crippen molar-refractivity contribution in [2.45, 2.75) is 44.8 Å². The number of hydrogen-bond donors (Lipinski definition) is 0. The van der Waals surface area contributed by atoms with Gasteiger partial charge in [-0.15, -0.1) is 0 Å². The second kappa shape index (κ2) is 8.07. The lowest BCUT2D eigenvalue weighted by molar-refractivity contribution is 0.000131. The molecule has 1 atom stereocenters. The molecule has 1 aromatic carbocycles. The average molecular weight is 344 g/mol. The van der Waals surface area contributed by atoms with Crippen molar-refractivity contribution >= 4 is 0 Å². The van der Waals surface area contributed by atoms with Crippen LogP contribution in [0.15, 0.2) is 24.3 Å². The van der Waals surface area contributed by atoms with E-state index in [4.69, 9.17) is 9.47 Å². The topological polar surface area (TPSA) is 24.9 Å². The third kappa shape index (κ3) is 4.36. The van der Waals surface area contributed by atoms with Crippen LogP contribution in [-0.2, 0) is 4.74 Å². The molecule has 0 amide bonds. The Kier molecular flexibility index (Phi) is 5.59. The SMILES string of the molecule is CC(c1ccc(OC2CC(CN3CCOCC3)C2)cc1)N1CCCC1. The van der Waals surface area contributed by atoms with Gasteiger partial charge in [0, 0.05) is 25.7 Å². The Morgan fingerprint density at radius 2 is 1.72 bits per heavy atom. The molecule has 2 aliphatic heterocycles. The quantitative estimate of drug-likeness (QED) is 0.790. The average Bonchev–Trinajstić information content (AvgIpc) is 3.15. The molecule has 1 saturated carbocycles. The molecule has 4 rings (SSSR count). The van der Waals surface area contributed by atoms with E-state index in [-0.39, 0.29) is 0 Å². The minimum absolute atomic E-state index is 0.410. The van der Waals surface area contributed by atoms with Gasteiger partial charge in [-0.1, -0.05) is 12.1 Å². The Morgan fingerprint density at radius 1 is 1.04 bits per heavy atom. The molecular weight excluding hydrogens is 312 g/mol. The van der Waals surface area contributed by atoms with Gasteiger partial charge >= 0.3 is 0 Å². The Labute approximate surface area is 152 Å². The highest BCUT2D eigenvalue weighted by atomic mass is 16.5. The van der Waals surface area contributed by atoms with Gasteiger partial charge in [0.25, 0.3) is 0 Å². The maximum Gasteiger partial charge on any atom is 0.119 e. The monoisotopic (exact) mass is 344 g/mol. The van der Waals surface area contributed by atoms with E-state index in [1.54, 1.807) is 0 Å². The van der Waals surface area contributed by atoms with Crippen molar-refractivity contribution in [1.29, 1.82) is 0 Å². The van der Waals surface area contributed by atoms with Gasteiger partial charge in [-0.25, -0.2) is 0 Å². The second-order valence-corrected chi connectivity index (χ2v) is 7.98. The van der Waals surface area contributed by atoms with Crippen LogP contribution in [-0.4, -0.2) is 61.8 Å². The first-order valence-electron chi connectivity index (χ1n) is 10.1. The van der Waals surface area contributed by atoms with Crippen LogP contribution in [0.3, 0.4) is 0 Å². The molecular formula is C21H32N2O2. The van der Waals surface area contributed by atoms with E-state index in [2.05, 4.69) is 41.0 Å². The molecule has 3 fully saturated rings. The van der Waals surface area contributed by atoms with E-state index in [1.807, 2.05) is 0 Å². The van der Waals surface area contributed by atoms with E-state index < -0.39 is 0 Å². The molecule has 138 valence electrons. The third-order valence-corrected chi connectivity index (χ3v) is 6.17. The van der Waals surface area contributed by atoms with Crippen molar-refractivity contribution < 1.29 is 9.47 Å². The number of nitrogens with zero attached hydrogens (tertiary/aromatic N) is 2. The van der Waals surface area contributed by atoms with Gasteiger partial charge in [0.15, 0.2) is 0 Å². The Morgan fingerprint density at radius 3 is 2.40 bits per heavy atom. The van der Waals surface area contributed by atoms with Crippen molar-refractivity contribution in [1.82, 2.24) is 9.80 Å². The van der Waals surface area contributed by atoms with Crippen LogP contribution in [0.2, 0.25) is 0 Å². The summed E-state index contributed by atoms with van der Waals surface area (Å²) >= 11 is 0. The molecule has 3 aliphatic rings. The third-order valence-electron chi connectivity index (χ3n) is 6.17. The number of ether oxygens (including phenoxy) is 2. The number of likely N-dealkylation sites (tertiary alicyclic amines) is 1. The van der Waals surface area contributed by atoms with E-state index in [0.29, 0.717) is 12.1 Å². The molecule has 1 aromatic rings. The van der Waals surface area contributed by atoms with Crippen molar-refractivity contribution in [3.8, 4) is 5.75 Å². The molecule has 4 nitrogen and oxygen atoms in total. The summed E-state index contributed by atoms with van der Waals surface area (Å²) in [6.45, 7) is 10.0. The highest BCUT2D eigenvalue weighted by molar-refractivity contribution is 5.29. The first-order valence-corrected chi connectivity index (χ1v) is 10.1. The molecule has 0 spiro atoms. The second-order valence-electron chi connectivity index (χ2n) is 7.98. The smallest absolute Gasteiger partial charge is 0.119 e. The fourth-order valence-electron chi connectivity index (χ4n) is 4.43. The van der Waals surface area contributed by atoms with Gasteiger partial charge in [-0.3, -0.25) is 9.80 Å². The van der Waals surface area contributed by atoms with Crippen molar-refractivity contribution in [3.05, 3.63) is 29.8 Å². The predicted octanol–water partition coefficient (Wildman–Crippen LogP) is 3.33. The number of morpholine rings is 1. The standard InChI is InChI=1S/C21H32N2O2/c1-17(23-8-2-3-9-23)19-4-6-20(7-5-19)25-21-14-18(15-21)16-22-10-12-24-13-11-22/h4-7,17-18,21H,2-3,8-16H2,1H3. The molecule has 25 heavy (non-hydrogen) atoms. The van der Waals surface area contributed by atoms with Crippen LogP contribution >= 0.6 is 0 Å².